The van der Waals surface area contributed by atoms with Crippen molar-refractivity contribution in [3.8, 4) is 12.3 Å². The number of thiazole rings is 1. The molecule has 0 aliphatic rings. The van der Waals surface area contributed by atoms with E-state index in [-0.39, 0.29) is 5.91 Å². The zero-order valence-corrected chi connectivity index (χ0v) is 10.5. The van der Waals surface area contributed by atoms with E-state index in [1.54, 1.807) is 23.3 Å². The van der Waals surface area contributed by atoms with E-state index in [9.17, 15) is 4.79 Å². The van der Waals surface area contributed by atoms with Crippen LogP contribution in [0.1, 0.15) is 23.5 Å². The number of aryl methyl sites for hydroxylation is 2. The number of hydrogen-bond acceptors (Lipinski definition) is 3. The molecule has 1 amide bonds. The Morgan fingerprint density at radius 2 is 2.44 bits per heavy atom. The van der Waals surface area contributed by atoms with Crippen LogP contribution in [0.2, 0.25) is 0 Å². The first-order valence-electron chi connectivity index (χ1n) is 5.22. The van der Waals surface area contributed by atoms with Crippen LogP contribution < -0.4 is 0 Å². The highest BCUT2D eigenvalue weighted by Crippen LogP contribution is 2.10. The Morgan fingerprint density at radius 1 is 1.69 bits per heavy atom. The summed E-state index contributed by atoms with van der Waals surface area (Å²) < 4.78 is 0. The van der Waals surface area contributed by atoms with Crippen LogP contribution in [-0.2, 0) is 11.2 Å². The molecule has 0 saturated carbocycles. The highest BCUT2D eigenvalue weighted by Gasteiger charge is 2.07. The van der Waals surface area contributed by atoms with Gasteiger partial charge in [0.05, 0.1) is 17.2 Å². The van der Waals surface area contributed by atoms with Crippen LogP contribution in [0.4, 0.5) is 0 Å². The van der Waals surface area contributed by atoms with E-state index >= 15 is 0 Å². The molecule has 1 heterocycles. The van der Waals surface area contributed by atoms with Crippen LogP contribution in [0.5, 0.6) is 0 Å². The van der Waals surface area contributed by atoms with Crippen molar-refractivity contribution < 1.29 is 4.79 Å². The Kier molecular flexibility index (Phi) is 5.00. The van der Waals surface area contributed by atoms with Gasteiger partial charge in [0.2, 0.25) is 5.91 Å². The minimum Gasteiger partial charge on any atom is -0.335 e. The third kappa shape index (κ3) is 4.03. The number of nitrogens with zero attached hydrogens (tertiary/aromatic N) is 2. The third-order valence-corrected chi connectivity index (χ3v) is 3.07. The molecule has 1 aromatic heterocycles. The van der Waals surface area contributed by atoms with Crippen molar-refractivity contribution in [3.63, 3.8) is 0 Å². The first kappa shape index (κ1) is 12.7. The number of terminal acetylenes is 1. The van der Waals surface area contributed by atoms with Gasteiger partial charge < -0.3 is 4.90 Å². The maximum atomic E-state index is 11.5. The molecule has 16 heavy (non-hydrogen) atoms. The molecular formula is C12H16N2OS. The molecule has 86 valence electrons. The number of carbonyl (C=O) groups excluding carboxylic acids is 1. The van der Waals surface area contributed by atoms with E-state index in [0.717, 1.165) is 23.5 Å². The van der Waals surface area contributed by atoms with Gasteiger partial charge in [-0.15, -0.1) is 17.8 Å². The summed E-state index contributed by atoms with van der Waals surface area (Å²) in [5.74, 6) is 2.56. The number of rotatable bonds is 5. The summed E-state index contributed by atoms with van der Waals surface area (Å²) in [5, 5.41) is 3.12. The smallest absolute Gasteiger partial charge is 0.223 e. The molecule has 0 unspecified atom stereocenters. The molecule has 0 aliphatic carbocycles. The standard InChI is InChI=1S/C12H16N2OS/c1-4-8-14(3)12(15)7-5-6-11-9-16-10(2)13-11/h1,9H,5-8H2,2-3H3. The second kappa shape index (κ2) is 6.29. The molecule has 0 radical (unpaired) electrons. The van der Waals surface area contributed by atoms with E-state index in [1.165, 1.54) is 0 Å². The first-order valence-corrected chi connectivity index (χ1v) is 6.10. The van der Waals surface area contributed by atoms with Gasteiger partial charge in [0.15, 0.2) is 0 Å². The van der Waals surface area contributed by atoms with Crippen molar-refractivity contribution in [1.29, 1.82) is 0 Å². The van der Waals surface area contributed by atoms with Gasteiger partial charge in [-0.3, -0.25) is 4.79 Å². The zero-order chi connectivity index (χ0) is 12.0. The average molecular weight is 236 g/mol. The predicted octanol–water partition coefficient (Wildman–Crippen LogP) is 1.87. The second-order valence-electron chi connectivity index (χ2n) is 3.67. The largest absolute Gasteiger partial charge is 0.335 e. The highest BCUT2D eigenvalue weighted by atomic mass is 32.1. The van der Waals surface area contributed by atoms with Gasteiger partial charge in [0.1, 0.15) is 0 Å². The van der Waals surface area contributed by atoms with Gasteiger partial charge in [0.25, 0.3) is 0 Å². The van der Waals surface area contributed by atoms with E-state index < -0.39 is 0 Å². The molecule has 0 fully saturated rings. The van der Waals surface area contributed by atoms with Crippen molar-refractivity contribution in [2.24, 2.45) is 0 Å². The molecule has 0 saturated heterocycles. The normalized spacial score (nSPS) is 9.81. The Bertz CT molecular complexity index is 392. The SMILES string of the molecule is C#CCN(C)C(=O)CCCc1csc(C)n1. The summed E-state index contributed by atoms with van der Waals surface area (Å²) >= 11 is 1.64. The maximum absolute atomic E-state index is 11.5. The fourth-order valence-corrected chi connectivity index (χ4v) is 2.01. The molecule has 0 aromatic carbocycles. The van der Waals surface area contributed by atoms with Crippen molar-refractivity contribution >= 4 is 17.2 Å². The van der Waals surface area contributed by atoms with Crippen LogP contribution in [0.3, 0.4) is 0 Å². The molecule has 0 atom stereocenters. The minimum atomic E-state index is 0.102. The molecule has 3 nitrogen and oxygen atoms in total. The number of hydrogen-bond donors (Lipinski definition) is 0. The van der Waals surface area contributed by atoms with Crippen molar-refractivity contribution in [3.05, 3.63) is 16.1 Å². The molecule has 0 spiro atoms. The summed E-state index contributed by atoms with van der Waals surface area (Å²) in [6, 6.07) is 0. The van der Waals surface area contributed by atoms with Crippen molar-refractivity contribution in [2.75, 3.05) is 13.6 Å². The minimum absolute atomic E-state index is 0.102. The summed E-state index contributed by atoms with van der Waals surface area (Å²) in [4.78, 5) is 17.5. The highest BCUT2D eigenvalue weighted by molar-refractivity contribution is 7.09. The monoisotopic (exact) mass is 236 g/mol. The Labute approximate surface area is 100 Å². The van der Waals surface area contributed by atoms with Gasteiger partial charge in [0, 0.05) is 18.8 Å². The molecule has 4 heteroatoms. The van der Waals surface area contributed by atoms with Crippen LogP contribution in [0.15, 0.2) is 5.38 Å². The molecule has 0 aliphatic heterocycles. The fraction of sp³-hybridized carbons (Fsp3) is 0.500. The molecule has 0 N–H and O–H groups in total. The quantitative estimate of drug-likeness (QED) is 0.731. The lowest BCUT2D eigenvalue weighted by Gasteiger charge is -2.12. The Hall–Kier alpha value is -1.34. The fourth-order valence-electron chi connectivity index (χ4n) is 1.36. The average Bonchev–Trinajstić information content (AvgIpc) is 2.64. The molecular weight excluding hydrogens is 220 g/mol. The lowest BCUT2D eigenvalue weighted by molar-refractivity contribution is -0.129. The van der Waals surface area contributed by atoms with Gasteiger partial charge in [-0.25, -0.2) is 4.98 Å². The number of aromatic nitrogens is 1. The Morgan fingerprint density at radius 3 is 3.00 bits per heavy atom. The lowest BCUT2D eigenvalue weighted by Crippen LogP contribution is -2.26. The van der Waals surface area contributed by atoms with E-state index in [1.807, 2.05) is 12.3 Å². The molecule has 0 bridgehead atoms. The first-order chi connectivity index (χ1) is 7.63. The lowest BCUT2D eigenvalue weighted by atomic mass is 10.2. The Balaban J connectivity index is 2.25. The molecule has 1 aromatic rings. The summed E-state index contributed by atoms with van der Waals surface area (Å²) in [5.41, 5.74) is 1.08. The number of carbonyl (C=O) groups is 1. The zero-order valence-electron chi connectivity index (χ0n) is 9.69. The van der Waals surface area contributed by atoms with Crippen LogP contribution in [0, 0.1) is 19.3 Å². The van der Waals surface area contributed by atoms with Crippen LogP contribution in [-0.4, -0.2) is 29.4 Å². The molecule has 1 rings (SSSR count). The van der Waals surface area contributed by atoms with Gasteiger partial charge in [-0.05, 0) is 19.8 Å². The summed E-state index contributed by atoms with van der Waals surface area (Å²) in [7, 11) is 1.73. The predicted molar refractivity (Wildman–Crippen MR) is 66.3 cm³/mol. The second-order valence-corrected chi connectivity index (χ2v) is 4.73. The summed E-state index contributed by atoms with van der Waals surface area (Å²) in [6.45, 7) is 2.37. The summed E-state index contributed by atoms with van der Waals surface area (Å²) in [6.07, 6.45) is 7.37. The van der Waals surface area contributed by atoms with Gasteiger partial charge >= 0.3 is 0 Å². The van der Waals surface area contributed by atoms with Crippen molar-refractivity contribution in [2.45, 2.75) is 26.2 Å². The van der Waals surface area contributed by atoms with Crippen LogP contribution in [0.25, 0.3) is 0 Å². The van der Waals surface area contributed by atoms with E-state index in [4.69, 9.17) is 6.42 Å². The number of amides is 1. The topological polar surface area (TPSA) is 33.2 Å². The van der Waals surface area contributed by atoms with Gasteiger partial charge in [-0.2, -0.15) is 0 Å². The van der Waals surface area contributed by atoms with E-state index in [0.29, 0.717) is 13.0 Å². The van der Waals surface area contributed by atoms with Crippen molar-refractivity contribution in [1.82, 2.24) is 9.88 Å². The maximum Gasteiger partial charge on any atom is 0.223 e. The van der Waals surface area contributed by atoms with Crippen LogP contribution >= 0.6 is 11.3 Å². The third-order valence-electron chi connectivity index (χ3n) is 2.24. The van der Waals surface area contributed by atoms with E-state index in [2.05, 4.69) is 10.9 Å². The van der Waals surface area contributed by atoms with Gasteiger partial charge in [-0.1, -0.05) is 5.92 Å².